The maximum Gasteiger partial charge on any atom is 0.191 e. The van der Waals surface area contributed by atoms with Crippen LogP contribution in [0.15, 0.2) is 27.8 Å². The Bertz CT molecular complexity index is 631. The summed E-state index contributed by atoms with van der Waals surface area (Å²) in [6.45, 7) is 4.52. The second-order valence-electron chi connectivity index (χ2n) is 5.95. The first kappa shape index (κ1) is 20.2. The van der Waals surface area contributed by atoms with Gasteiger partial charge < -0.3 is 15.1 Å². The van der Waals surface area contributed by atoms with Crippen molar-refractivity contribution in [3.05, 3.63) is 39.7 Å². The minimum Gasteiger partial charge on any atom is -0.469 e. The number of aliphatic imine (C=N–C) groups is 1. The normalized spacial score (nSPS) is 13.9. The lowest BCUT2D eigenvalue weighted by molar-refractivity contribution is 0.507. The number of furan rings is 1. The van der Waals surface area contributed by atoms with Crippen LogP contribution in [0, 0.1) is 0 Å². The van der Waals surface area contributed by atoms with Gasteiger partial charge in [0.25, 0.3) is 0 Å². The summed E-state index contributed by atoms with van der Waals surface area (Å²) in [5, 5.41) is 7.88. The van der Waals surface area contributed by atoms with Crippen molar-refractivity contribution in [1.29, 1.82) is 0 Å². The number of fused-ring (bicyclic) bond motifs is 1. The summed E-state index contributed by atoms with van der Waals surface area (Å²) >= 11 is 1.88. The van der Waals surface area contributed by atoms with Crippen LogP contribution in [0.4, 0.5) is 0 Å². The highest BCUT2D eigenvalue weighted by Crippen LogP contribution is 2.26. The van der Waals surface area contributed by atoms with Gasteiger partial charge >= 0.3 is 0 Å². The van der Waals surface area contributed by atoms with Crippen LogP contribution < -0.4 is 10.6 Å². The van der Waals surface area contributed by atoms with Crippen molar-refractivity contribution in [3.63, 3.8) is 0 Å². The molecule has 138 valence electrons. The Labute approximate surface area is 170 Å². The Morgan fingerprint density at radius 1 is 1.28 bits per heavy atom. The Morgan fingerprint density at radius 3 is 2.92 bits per heavy atom. The van der Waals surface area contributed by atoms with Crippen molar-refractivity contribution < 1.29 is 4.42 Å². The van der Waals surface area contributed by atoms with Crippen molar-refractivity contribution in [2.45, 2.75) is 45.4 Å². The van der Waals surface area contributed by atoms with Gasteiger partial charge in [-0.3, -0.25) is 4.99 Å². The van der Waals surface area contributed by atoms with Gasteiger partial charge in [-0.05, 0) is 44.7 Å². The number of aryl methyl sites for hydroxylation is 2. The summed E-state index contributed by atoms with van der Waals surface area (Å²) in [6.07, 6.45) is 8.47. The average Bonchev–Trinajstić information content (AvgIpc) is 3.23. The largest absolute Gasteiger partial charge is 0.469 e. The van der Waals surface area contributed by atoms with Gasteiger partial charge in [-0.25, -0.2) is 4.98 Å². The number of aromatic nitrogens is 1. The lowest BCUT2D eigenvalue weighted by Crippen LogP contribution is -2.38. The zero-order chi connectivity index (χ0) is 16.6. The predicted molar refractivity (Wildman–Crippen MR) is 114 cm³/mol. The van der Waals surface area contributed by atoms with Crippen LogP contribution in [-0.2, 0) is 25.7 Å². The van der Waals surface area contributed by atoms with E-state index in [1.54, 1.807) is 6.26 Å². The van der Waals surface area contributed by atoms with Crippen LogP contribution in [0.25, 0.3) is 0 Å². The molecular weight excluding hydrogens is 447 g/mol. The molecule has 0 atom stereocenters. The number of rotatable bonds is 7. The molecule has 2 aromatic rings. The van der Waals surface area contributed by atoms with E-state index in [0.29, 0.717) is 0 Å². The molecule has 0 fully saturated rings. The summed E-state index contributed by atoms with van der Waals surface area (Å²) in [7, 11) is 0. The van der Waals surface area contributed by atoms with Crippen LogP contribution in [-0.4, -0.2) is 30.6 Å². The van der Waals surface area contributed by atoms with Gasteiger partial charge in [0.05, 0.1) is 17.0 Å². The summed E-state index contributed by atoms with van der Waals surface area (Å²) < 4.78 is 5.35. The maximum atomic E-state index is 5.35. The lowest BCUT2D eigenvalue weighted by Gasteiger charge is -2.10. The molecule has 0 saturated heterocycles. The molecule has 1 aliphatic carbocycles. The van der Waals surface area contributed by atoms with Crippen molar-refractivity contribution in [2.24, 2.45) is 4.99 Å². The molecule has 0 aromatic carbocycles. The quantitative estimate of drug-likeness (QED) is 0.366. The minimum absolute atomic E-state index is 0. The number of hydrogen-bond donors (Lipinski definition) is 2. The van der Waals surface area contributed by atoms with Gasteiger partial charge in [0.2, 0.25) is 0 Å². The number of hydrogen-bond acceptors (Lipinski definition) is 4. The Morgan fingerprint density at radius 2 is 2.16 bits per heavy atom. The fraction of sp³-hybridized carbons (Fsp3) is 0.556. The zero-order valence-corrected chi connectivity index (χ0v) is 17.9. The van der Waals surface area contributed by atoms with E-state index in [0.717, 1.165) is 50.6 Å². The summed E-state index contributed by atoms with van der Waals surface area (Å²) in [5.41, 5.74) is 1.34. The van der Waals surface area contributed by atoms with Crippen LogP contribution >= 0.6 is 35.3 Å². The highest BCUT2D eigenvalue weighted by atomic mass is 127. The third kappa shape index (κ3) is 6.29. The fourth-order valence-corrected chi connectivity index (χ4v) is 4.02. The van der Waals surface area contributed by atoms with E-state index in [2.05, 4.69) is 22.5 Å². The minimum atomic E-state index is 0. The zero-order valence-electron chi connectivity index (χ0n) is 14.7. The lowest BCUT2D eigenvalue weighted by atomic mass is 10.0. The molecule has 0 saturated carbocycles. The summed E-state index contributed by atoms with van der Waals surface area (Å²) in [5.74, 6) is 1.86. The highest BCUT2D eigenvalue weighted by Gasteiger charge is 2.14. The Hall–Kier alpha value is -1.09. The van der Waals surface area contributed by atoms with E-state index in [4.69, 9.17) is 9.40 Å². The molecular formula is C18H27IN4OS. The molecule has 2 heterocycles. The van der Waals surface area contributed by atoms with E-state index in [1.807, 2.05) is 23.5 Å². The van der Waals surface area contributed by atoms with Crippen molar-refractivity contribution >= 4 is 41.3 Å². The van der Waals surface area contributed by atoms with E-state index in [1.165, 1.54) is 34.8 Å². The molecule has 2 aromatic heterocycles. The molecule has 3 rings (SSSR count). The van der Waals surface area contributed by atoms with Gasteiger partial charge in [-0.2, -0.15) is 0 Å². The van der Waals surface area contributed by atoms with Gasteiger partial charge in [0.15, 0.2) is 5.96 Å². The second-order valence-corrected chi connectivity index (χ2v) is 7.12. The third-order valence-electron chi connectivity index (χ3n) is 4.07. The Balaban J connectivity index is 0.00000225. The first-order valence-electron chi connectivity index (χ1n) is 8.87. The van der Waals surface area contributed by atoms with Crippen LogP contribution in [0.2, 0.25) is 0 Å². The predicted octanol–water partition coefficient (Wildman–Crippen LogP) is 3.57. The summed E-state index contributed by atoms with van der Waals surface area (Å²) in [4.78, 5) is 11.0. The van der Waals surface area contributed by atoms with Crippen LogP contribution in [0.3, 0.4) is 0 Å². The maximum absolute atomic E-state index is 5.35. The van der Waals surface area contributed by atoms with Gasteiger partial charge in [0.1, 0.15) is 5.76 Å². The molecule has 25 heavy (non-hydrogen) atoms. The number of nitrogens with zero attached hydrogens (tertiary/aromatic N) is 2. The fourth-order valence-electron chi connectivity index (χ4n) is 2.88. The van der Waals surface area contributed by atoms with E-state index >= 15 is 0 Å². The number of thiazole rings is 1. The highest BCUT2D eigenvalue weighted by molar-refractivity contribution is 14.0. The van der Waals surface area contributed by atoms with E-state index in [9.17, 15) is 0 Å². The molecule has 0 aliphatic heterocycles. The number of nitrogens with one attached hydrogen (secondary N) is 2. The molecule has 0 spiro atoms. The third-order valence-corrected chi connectivity index (χ3v) is 5.29. The smallest absolute Gasteiger partial charge is 0.191 e. The van der Waals surface area contributed by atoms with E-state index in [-0.39, 0.29) is 24.0 Å². The molecule has 2 N–H and O–H groups in total. The van der Waals surface area contributed by atoms with Gasteiger partial charge in [0, 0.05) is 37.4 Å². The van der Waals surface area contributed by atoms with Crippen molar-refractivity contribution in [3.8, 4) is 0 Å². The SMILES string of the molecule is CCNC(=NCCc1nc2c(s1)CCCC2)NCCc1ccco1.I. The van der Waals surface area contributed by atoms with Gasteiger partial charge in [-0.1, -0.05) is 0 Å². The molecule has 0 amide bonds. The van der Waals surface area contributed by atoms with E-state index < -0.39 is 0 Å². The molecule has 5 nitrogen and oxygen atoms in total. The summed E-state index contributed by atoms with van der Waals surface area (Å²) in [6, 6.07) is 3.91. The molecule has 7 heteroatoms. The van der Waals surface area contributed by atoms with Crippen molar-refractivity contribution in [1.82, 2.24) is 15.6 Å². The first-order chi connectivity index (χ1) is 11.8. The van der Waals surface area contributed by atoms with Gasteiger partial charge in [-0.15, -0.1) is 35.3 Å². The van der Waals surface area contributed by atoms with Crippen molar-refractivity contribution in [2.75, 3.05) is 19.6 Å². The Kier molecular flexibility index (Phi) is 8.74. The average molecular weight is 474 g/mol. The molecule has 0 unspecified atom stereocenters. The molecule has 1 aliphatic rings. The number of halogens is 1. The molecule has 0 radical (unpaired) electrons. The monoisotopic (exact) mass is 474 g/mol. The van der Waals surface area contributed by atoms with Crippen LogP contribution in [0.1, 0.15) is 41.1 Å². The first-order valence-corrected chi connectivity index (χ1v) is 9.69. The topological polar surface area (TPSA) is 62.5 Å². The van der Waals surface area contributed by atoms with Crippen LogP contribution in [0.5, 0.6) is 0 Å². The standard InChI is InChI=1S/C18H26N4OS.HI/c1-2-19-18(20-11-9-14-6-5-13-23-14)21-12-10-17-22-15-7-3-4-8-16(15)24-17;/h5-6,13H,2-4,7-12H2,1H3,(H2,19,20,21);1H. The number of guanidine groups is 1. The molecule has 0 bridgehead atoms. The second kappa shape index (κ2) is 10.8.